The maximum absolute atomic E-state index is 13.0. The maximum Gasteiger partial charge on any atom is 0.219 e. The van der Waals surface area contributed by atoms with Crippen molar-refractivity contribution in [3.05, 3.63) is 70.5 Å². The van der Waals surface area contributed by atoms with Crippen LogP contribution < -0.4 is 0 Å². The van der Waals surface area contributed by atoms with E-state index in [0.717, 1.165) is 24.1 Å². The first-order valence-electron chi connectivity index (χ1n) is 7.35. The molecule has 0 saturated heterocycles. The first kappa shape index (κ1) is 14.7. The van der Waals surface area contributed by atoms with Gasteiger partial charge in [-0.3, -0.25) is 4.79 Å². The normalized spacial score (nSPS) is 15.3. The summed E-state index contributed by atoms with van der Waals surface area (Å²) in [5, 5.41) is 10.5. The number of aliphatic hydroxyl groups is 1. The molecule has 0 fully saturated rings. The first-order chi connectivity index (χ1) is 10.5. The summed E-state index contributed by atoms with van der Waals surface area (Å²) in [7, 11) is 0. The van der Waals surface area contributed by atoms with E-state index in [2.05, 4.69) is 0 Å². The zero-order valence-electron chi connectivity index (χ0n) is 12.4. The third-order valence-corrected chi connectivity index (χ3v) is 4.19. The Labute approximate surface area is 129 Å². The van der Waals surface area contributed by atoms with Gasteiger partial charge >= 0.3 is 0 Å². The lowest BCUT2D eigenvalue weighted by Gasteiger charge is -2.28. The molecule has 1 unspecified atom stereocenters. The number of amides is 1. The molecular weight excluding hydrogens is 281 g/mol. The number of aliphatic hydroxyl groups excluding tert-OH is 1. The molecule has 3 rings (SSSR count). The number of halogens is 1. The average Bonchev–Trinajstić information content (AvgIpc) is 2.53. The van der Waals surface area contributed by atoms with E-state index in [0.29, 0.717) is 12.1 Å². The smallest absolute Gasteiger partial charge is 0.219 e. The van der Waals surface area contributed by atoms with Crippen molar-refractivity contribution in [3.63, 3.8) is 0 Å². The van der Waals surface area contributed by atoms with Crippen molar-refractivity contribution >= 4 is 5.91 Å². The number of carbonyl (C=O) groups is 1. The fourth-order valence-electron chi connectivity index (χ4n) is 2.85. The SMILES string of the molecule is CC(=O)N1CCc2ccc(C(O)c3ccc(F)cc3)cc2C1. The highest BCUT2D eigenvalue weighted by molar-refractivity contribution is 5.73. The van der Waals surface area contributed by atoms with E-state index in [1.54, 1.807) is 24.0 Å². The van der Waals surface area contributed by atoms with E-state index in [4.69, 9.17) is 0 Å². The highest BCUT2D eigenvalue weighted by Gasteiger charge is 2.20. The summed E-state index contributed by atoms with van der Waals surface area (Å²) in [6.07, 6.45) is 0.0422. The van der Waals surface area contributed by atoms with Gasteiger partial charge in [0.15, 0.2) is 0 Å². The van der Waals surface area contributed by atoms with E-state index in [9.17, 15) is 14.3 Å². The Balaban J connectivity index is 1.88. The number of hydrogen-bond donors (Lipinski definition) is 1. The number of carbonyl (C=O) groups excluding carboxylic acids is 1. The molecule has 0 radical (unpaired) electrons. The van der Waals surface area contributed by atoms with Crippen LogP contribution >= 0.6 is 0 Å². The second-order valence-corrected chi connectivity index (χ2v) is 5.67. The summed E-state index contributed by atoms with van der Waals surface area (Å²) in [4.78, 5) is 13.3. The van der Waals surface area contributed by atoms with Crippen molar-refractivity contribution in [2.75, 3.05) is 6.54 Å². The average molecular weight is 299 g/mol. The van der Waals surface area contributed by atoms with E-state index < -0.39 is 6.10 Å². The van der Waals surface area contributed by atoms with Crippen LogP contribution in [0.3, 0.4) is 0 Å². The molecule has 4 heteroatoms. The van der Waals surface area contributed by atoms with E-state index in [-0.39, 0.29) is 11.7 Å². The fourth-order valence-corrected chi connectivity index (χ4v) is 2.85. The third kappa shape index (κ3) is 2.88. The number of fused-ring (bicyclic) bond motifs is 1. The number of hydrogen-bond acceptors (Lipinski definition) is 2. The van der Waals surface area contributed by atoms with Crippen LogP contribution in [0, 0.1) is 5.82 Å². The topological polar surface area (TPSA) is 40.5 Å². The van der Waals surface area contributed by atoms with E-state index in [1.165, 1.54) is 17.7 Å². The predicted molar refractivity (Wildman–Crippen MR) is 81.7 cm³/mol. The van der Waals surface area contributed by atoms with E-state index in [1.807, 2.05) is 18.2 Å². The van der Waals surface area contributed by atoms with Crippen LogP contribution in [0.15, 0.2) is 42.5 Å². The summed E-state index contributed by atoms with van der Waals surface area (Å²) in [5.74, 6) is -0.256. The Hall–Kier alpha value is -2.20. The standard InChI is InChI=1S/C18H18FNO2/c1-12(21)20-9-8-13-2-3-15(10-16(13)11-20)18(22)14-4-6-17(19)7-5-14/h2-7,10,18,22H,8-9,11H2,1H3. The maximum atomic E-state index is 13.0. The van der Waals surface area contributed by atoms with Crippen LogP contribution in [-0.4, -0.2) is 22.5 Å². The number of nitrogens with zero attached hydrogens (tertiary/aromatic N) is 1. The molecule has 1 aliphatic rings. The van der Waals surface area contributed by atoms with Crippen molar-refractivity contribution in [2.45, 2.75) is 26.0 Å². The molecule has 0 aliphatic carbocycles. The van der Waals surface area contributed by atoms with Gasteiger partial charge in [-0.05, 0) is 40.8 Å². The molecule has 0 saturated carbocycles. The number of benzene rings is 2. The zero-order chi connectivity index (χ0) is 15.7. The van der Waals surface area contributed by atoms with Crippen LogP contribution in [-0.2, 0) is 17.8 Å². The Morgan fingerprint density at radius 3 is 2.50 bits per heavy atom. The Bertz CT molecular complexity index is 697. The molecule has 0 aromatic heterocycles. The van der Waals surface area contributed by atoms with Crippen LogP contribution in [0.25, 0.3) is 0 Å². The molecule has 1 heterocycles. The van der Waals surface area contributed by atoms with Gasteiger partial charge in [-0.15, -0.1) is 0 Å². The van der Waals surface area contributed by atoms with Crippen LogP contribution in [0.4, 0.5) is 4.39 Å². The van der Waals surface area contributed by atoms with Crippen molar-refractivity contribution in [2.24, 2.45) is 0 Å². The minimum Gasteiger partial charge on any atom is -0.384 e. The van der Waals surface area contributed by atoms with Gasteiger partial charge in [0.2, 0.25) is 5.91 Å². The molecule has 2 aromatic rings. The Morgan fingerprint density at radius 1 is 1.14 bits per heavy atom. The molecule has 22 heavy (non-hydrogen) atoms. The van der Waals surface area contributed by atoms with E-state index >= 15 is 0 Å². The van der Waals surface area contributed by atoms with Crippen LogP contribution in [0.5, 0.6) is 0 Å². The lowest BCUT2D eigenvalue weighted by Crippen LogP contribution is -2.34. The summed E-state index contributed by atoms with van der Waals surface area (Å²) < 4.78 is 13.0. The minimum absolute atomic E-state index is 0.0649. The summed E-state index contributed by atoms with van der Waals surface area (Å²) >= 11 is 0. The largest absolute Gasteiger partial charge is 0.384 e. The van der Waals surface area contributed by atoms with Gasteiger partial charge in [0.1, 0.15) is 11.9 Å². The molecule has 0 spiro atoms. The Morgan fingerprint density at radius 2 is 1.82 bits per heavy atom. The second-order valence-electron chi connectivity index (χ2n) is 5.67. The van der Waals surface area contributed by atoms with Crippen molar-refractivity contribution < 1.29 is 14.3 Å². The third-order valence-electron chi connectivity index (χ3n) is 4.19. The van der Waals surface area contributed by atoms with Gasteiger partial charge in [0.05, 0.1) is 0 Å². The predicted octanol–water partition coefficient (Wildman–Crippen LogP) is 2.81. The molecule has 1 atom stereocenters. The highest BCUT2D eigenvalue weighted by atomic mass is 19.1. The van der Waals surface area contributed by atoms with Crippen LogP contribution in [0.1, 0.15) is 35.3 Å². The van der Waals surface area contributed by atoms with Gasteiger partial charge in [-0.25, -0.2) is 4.39 Å². The molecule has 1 amide bonds. The molecule has 114 valence electrons. The van der Waals surface area contributed by atoms with Gasteiger partial charge < -0.3 is 10.0 Å². The monoisotopic (exact) mass is 299 g/mol. The summed E-state index contributed by atoms with van der Waals surface area (Å²) in [6.45, 7) is 2.89. The Kier molecular flexibility index (Phi) is 3.94. The first-order valence-corrected chi connectivity index (χ1v) is 7.35. The number of rotatable bonds is 2. The summed E-state index contributed by atoms with van der Waals surface area (Å²) in [6, 6.07) is 11.7. The van der Waals surface area contributed by atoms with Gasteiger partial charge in [-0.2, -0.15) is 0 Å². The van der Waals surface area contributed by atoms with Crippen LogP contribution in [0.2, 0.25) is 0 Å². The lowest BCUT2D eigenvalue weighted by molar-refractivity contribution is -0.129. The molecule has 3 nitrogen and oxygen atoms in total. The summed E-state index contributed by atoms with van der Waals surface area (Å²) in [5.41, 5.74) is 3.70. The highest BCUT2D eigenvalue weighted by Crippen LogP contribution is 2.27. The fraction of sp³-hybridized carbons (Fsp3) is 0.278. The molecule has 2 aromatic carbocycles. The molecule has 1 aliphatic heterocycles. The van der Waals surface area contributed by atoms with Gasteiger partial charge in [0.25, 0.3) is 0 Å². The molecule has 0 bridgehead atoms. The van der Waals surface area contributed by atoms with Gasteiger partial charge in [0, 0.05) is 20.0 Å². The second kappa shape index (κ2) is 5.89. The van der Waals surface area contributed by atoms with Crippen molar-refractivity contribution in [3.8, 4) is 0 Å². The lowest BCUT2D eigenvalue weighted by atomic mass is 9.93. The zero-order valence-corrected chi connectivity index (χ0v) is 12.4. The van der Waals surface area contributed by atoms with Gasteiger partial charge in [-0.1, -0.05) is 30.3 Å². The van der Waals surface area contributed by atoms with Crippen molar-refractivity contribution in [1.82, 2.24) is 4.90 Å². The minimum atomic E-state index is -0.793. The van der Waals surface area contributed by atoms with Crippen molar-refractivity contribution in [1.29, 1.82) is 0 Å². The quantitative estimate of drug-likeness (QED) is 0.926. The molecular formula is C18H18FNO2. The molecule has 1 N–H and O–H groups in total.